The van der Waals surface area contributed by atoms with Gasteiger partial charge in [0.15, 0.2) is 0 Å². The summed E-state index contributed by atoms with van der Waals surface area (Å²) in [4.78, 5) is 20.4. The Hall–Kier alpha value is -2.86. The van der Waals surface area contributed by atoms with Gasteiger partial charge in [0.05, 0.1) is 23.8 Å². The molecule has 0 saturated carbocycles. The Labute approximate surface area is 156 Å². The summed E-state index contributed by atoms with van der Waals surface area (Å²) in [5, 5.41) is 3.67. The third-order valence-electron chi connectivity index (χ3n) is 3.58. The van der Waals surface area contributed by atoms with Gasteiger partial charge in [-0.1, -0.05) is 11.6 Å². The number of fused-ring (bicyclic) bond motifs is 1. The molecule has 3 rings (SSSR count). The maximum Gasteiger partial charge on any atom is 0.328 e. The van der Waals surface area contributed by atoms with Crippen LogP contribution >= 0.6 is 11.6 Å². The molecule has 6 nitrogen and oxygen atoms in total. The van der Waals surface area contributed by atoms with Crippen molar-refractivity contribution in [3.63, 3.8) is 0 Å². The Balaban J connectivity index is 1.68. The summed E-state index contributed by atoms with van der Waals surface area (Å²) in [6.07, 6.45) is 1.56. The molecule has 3 aromatic rings. The van der Waals surface area contributed by atoms with E-state index in [4.69, 9.17) is 21.1 Å². The van der Waals surface area contributed by atoms with Crippen LogP contribution in [0.25, 0.3) is 11.0 Å². The first-order valence-electron chi connectivity index (χ1n) is 8.18. The lowest BCUT2D eigenvalue weighted by Crippen LogP contribution is -2.28. The molecule has 7 heteroatoms. The number of benzene rings is 2. The number of halogens is 1. The van der Waals surface area contributed by atoms with E-state index in [0.29, 0.717) is 28.8 Å². The van der Waals surface area contributed by atoms with Crippen molar-refractivity contribution in [1.29, 1.82) is 0 Å². The lowest BCUT2D eigenvalue weighted by atomic mass is 10.2. The third kappa shape index (κ3) is 4.40. The zero-order valence-corrected chi connectivity index (χ0v) is 15.2. The van der Waals surface area contributed by atoms with Crippen LogP contribution in [-0.4, -0.2) is 28.6 Å². The van der Waals surface area contributed by atoms with Crippen molar-refractivity contribution in [2.45, 2.75) is 19.9 Å². The number of anilines is 1. The van der Waals surface area contributed by atoms with Crippen molar-refractivity contribution in [3.8, 4) is 11.6 Å². The first-order valence-corrected chi connectivity index (χ1v) is 8.56. The van der Waals surface area contributed by atoms with Gasteiger partial charge in [-0.05, 0) is 56.3 Å². The summed E-state index contributed by atoms with van der Waals surface area (Å²) >= 11 is 5.98. The summed E-state index contributed by atoms with van der Waals surface area (Å²) in [6.45, 7) is 3.88. The quantitative estimate of drug-likeness (QED) is 0.646. The van der Waals surface area contributed by atoms with Crippen LogP contribution in [0.1, 0.15) is 13.8 Å². The van der Waals surface area contributed by atoms with E-state index in [1.54, 1.807) is 50.4 Å². The smallest absolute Gasteiger partial charge is 0.328 e. The van der Waals surface area contributed by atoms with E-state index in [1.807, 2.05) is 12.1 Å². The number of ether oxygens (including phenoxy) is 2. The lowest BCUT2D eigenvalue weighted by molar-refractivity contribution is -0.143. The Bertz CT molecular complexity index is 916. The maximum absolute atomic E-state index is 11.7. The number of rotatable bonds is 6. The molecule has 0 saturated heterocycles. The molecule has 0 aliphatic heterocycles. The largest absolute Gasteiger partial charge is 0.464 e. The number of aromatic nitrogens is 2. The Kier molecular flexibility index (Phi) is 5.53. The molecule has 0 amide bonds. The molecule has 0 aliphatic rings. The molecule has 0 fully saturated rings. The van der Waals surface area contributed by atoms with Gasteiger partial charge in [-0.25, -0.2) is 14.8 Å². The van der Waals surface area contributed by atoms with Crippen LogP contribution in [0.2, 0.25) is 5.02 Å². The molecule has 0 bridgehead atoms. The highest BCUT2D eigenvalue weighted by atomic mass is 35.5. The van der Waals surface area contributed by atoms with Gasteiger partial charge in [-0.3, -0.25) is 0 Å². The minimum absolute atomic E-state index is 0.294. The van der Waals surface area contributed by atoms with Crippen molar-refractivity contribution < 1.29 is 14.3 Å². The first-order chi connectivity index (χ1) is 12.5. The van der Waals surface area contributed by atoms with E-state index in [9.17, 15) is 4.79 Å². The summed E-state index contributed by atoms with van der Waals surface area (Å²) < 4.78 is 10.7. The normalized spacial score (nSPS) is 11.8. The highest BCUT2D eigenvalue weighted by molar-refractivity contribution is 6.31. The SMILES string of the molecule is CCOC(=O)C(C)Nc1ccc(Oc2cnc3ccc(Cl)cc3n2)cc1. The second-order valence-electron chi connectivity index (χ2n) is 5.59. The molecular weight excluding hydrogens is 354 g/mol. The highest BCUT2D eigenvalue weighted by Gasteiger charge is 2.13. The molecule has 1 heterocycles. The van der Waals surface area contributed by atoms with Crippen molar-refractivity contribution in [2.75, 3.05) is 11.9 Å². The molecule has 1 aromatic heterocycles. The Morgan fingerprint density at radius 1 is 1.19 bits per heavy atom. The van der Waals surface area contributed by atoms with Crippen molar-refractivity contribution in [2.24, 2.45) is 0 Å². The van der Waals surface area contributed by atoms with Gasteiger partial charge in [0.25, 0.3) is 0 Å². The van der Waals surface area contributed by atoms with E-state index in [1.165, 1.54) is 0 Å². The monoisotopic (exact) mass is 371 g/mol. The summed E-state index contributed by atoms with van der Waals surface area (Å²) in [6, 6.07) is 12.1. The molecule has 0 spiro atoms. The number of hydrogen-bond donors (Lipinski definition) is 1. The number of nitrogens with zero attached hydrogens (tertiary/aromatic N) is 2. The molecule has 2 aromatic carbocycles. The fraction of sp³-hybridized carbons (Fsp3) is 0.211. The van der Waals surface area contributed by atoms with Crippen molar-refractivity contribution >= 4 is 34.3 Å². The molecule has 1 unspecified atom stereocenters. The molecule has 26 heavy (non-hydrogen) atoms. The van der Waals surface area contributed by atoms with Crippen LogP contribution in [-0.2, 0) is 9.53 Å². The number of esters is 1. The molecule has 0 aliphatic carbocycles. The zero-order chi connectivity index (χ0) is 18.5. The van der Waals surface area contributed by atoms with E-state index in [0.717, 1.165) is 11.2 Å². The van der Waals surface area contributed by atoms with Crippen LogP contribution in [0.3, 0.4) is 0 Å². The second-order valence-corrected chi connectivity index (χ2v) is 6.02. The van der Waals surface area contributed by atoms with Crippen LogP contribution in [0.15, 0.2) is 48.7 Å². The maximum atomic E-state index is 11.7. The molecule has 1 N–H and O–H groups in total. The molecule has 1 atom stereocenters. The first kappa shape index (κ1) is 17.9. The average molecular weight is 372 g/mol. The van der Waals surface area contributed by atoms with E-state index in [-0.39, 0.29) is 5.97 Å². The number of carbonyl (C=O) groups is 1. The van der Waals surface area contributed by atoms with Crippen molar-refractivity contribution in [3.05, 3.63) is 53.7 Å². The molecule has 0 radical (unpaired) electrons. The van der Waals surface area contributed by atoms with Gasteiger partial charge in [0, 0.05) is 10.7 Å². The predicted octanol–water partition coefficient (Wildman–Crippen LogP) is 4.44. The number of carbonyl (C=O) groups excluding carboxylic acids is 1. The fourth-order valence-electron chi connectivity index (χ4n) is 2.33. The van der Waals surface area contributed by atoms with Gasteiger partial charge in [0.1, 0.15) is 11.8 Å². The summed E-state index contributed by atoms with van der Waals surface area (Å²) in [5.74, 6) is 0.688. The second kappa shape index (κ2) is 8.01. The average Bonchev–Trinajstić information content (AvgIpc) is 2.63. The van der Waals surface area contributed by atoms with Crippen LogP contribution in [0, 0.1) is 0 Å². The minimum Gasteiger partial charge on any atom is -0.464 e. The van der Waals surface area contributed by atoms with E-state index < -0.39 is 6.04 Å². The third-order valence-corrected chi connectivity index (χ3v) is 3.82. The summed E-state index contributed by atoms with van der Waals surface area (Å²) in [7, 11) is 0. The molecule has 134 valence electrons. The topological polar surface area (TPSA) is 73.3 Å². The molecular formula is C19H18ClN3O3. The van der Waals surface area contributed by atoms with Gasteiger partial charge in [0.2, 0.25) is 5.88 Å². The lowest BCUT2D eigenvalue weighted by Gasteiger charge is -2.14. The predicted molar refractivity (Wildman–Crippen MR) is 101 cm³/mol. The van der Waals surface area contributed by atoms with Crippen LogP contribution in [0.5, 0.6) is 11.6 Å². The highest BCUT2D eigenvalue weighted by Crippen LogP contribution is 2.24. The zero-order valence-electron chi connectivity index (χ0n) is 14.4. The minimum atomic E-state index is -0.433. The van der Waals surface area contributed by atoms with Crippen molar-refractivity contribution in [1.82, 2.24) is 9.97 Å². The van der Waals surface area contributed by atoms with Crippen LogP contribution < -0.4 is 10.1 Å². The summed E-state index contributed by atoms with van der Waals surface area (Å²) in [5.41, 5.74) is 2.19. The van der Waals surface area contributed by atoms with E-state index in [2.05, 4.69) is 15.3 Å². The van der Waals surface area contributed by atoms with E-state index >= 15 is 0 Å². The van der Waals surface area contributed by atoms with Gasteiger partial charge in [-0.15, -0.1) is 0 Å². The Morgan fingerprint density at radius 2 is 1.96 bits per heavy atom. The standard InChI is InChI=1S/C19H18ClN3O3/c1-3-25-19(24)12(2)22-14-5-7-15(8-6-14)26-18-11-21-16-9-4-13(20)10-17(16)23-18/h4-12,22H,3H2,1-2H3. The number of nitrogens with one attached hydrogen (secondary N) is 1. The number of hydrogen-bond acceptors (Lipinski definition) is 6. The van der Waals surface area contributed by atoms with Crippen LogP contribution in [0.4, 0.5) is 5.69 Å². The fourth-order valence-corrected chi connectivity index (χ4v) is 2.50. The Morgan fingerprint density at radius 3 is 2.69 bits per heavy atom. The van der Waals surface area contributed by atoms with Gasteiger partial charge < -0.3 is 14.8 Å². The van der Waals surface area contributed by atoms with Gasteiger partial charge >= 0.3 is 5.97 Å². The van der Waals surface area contributed by atoms with Gasteiger partial charge in [-0.2, -0.15) is 0 Å².